The molecule has 0 atom stereocenters. The molecule has 0 aromatic carbocycles. The van der Waals surface area contributed by atoms with E-state index in [-0.39, 0.29) is 12.1 Å². The smallest absolute Gasteiger partial charge is 0.309 e. The lowest BCUT2D eigenvalue weighted by atomic mass is 9.93. The molecular formula is C15H30N4O4. The van der Waals surface area contributed by atoms with Crippen LogP contribution in [-0.4, -0.2) is 61.4 Å². The molecule has 134 valence electrons. The highest BCUT2D eigenvalue weighted by atomic mass is 17.1. The van der Waals surface area contributed by atoms with Crippen LogP contribution in [0.15, 0.2) is 0 Å². The standard InChI is InChI=1S/C15H30N4O4/c1-11(2)17-9-7-16-8-10-18-14(20)15(21)19-12-3-5-13(23-22)6-4-12/h11-13,16-17,22H,3-10H2,1-2H3,(H,18,20)(H,19,21). The van der Waals surface area contributed by atoms with Gasteiger partial charge in [-0.1, -0.05) is 13.8 Å². The SMILES string of the molecule is CC(C)NCCNCCNC(=O)C(=O)NC1CCC(OO)CC1. The lowest BCUT2D eigenvalue weighted by Gasteiger charge is -2.26. The highest BCUT2D eigenvalue weighted by molar-refractivity contribution is 6.35. The molecule has 0 aliphatic heterocycles. The molecule has 1 aliphatic carbocycles. The van der Waals surface area contributed by atoms with Gasteiger partial charge in [0.05, 0.1) is 6.10 Å². The molecule has 0 heterocycles. The third-order valence-corrected chi connectivity index (χ3v) is 3.81. The van der Waals surface area contributed by atoms with Crippen molar-refractivity contribution in [2.75, 3.05) is 26.2 Å². The molecular weight excluding hydrogens is 300 g/mol. The predicted octanol–water partition coefficient (Wildman–Crippen LogP) is -0.393. The first-order valence-electron chi connectivity index (χ1n) is 8.36. The molecule has 2 amide bonds. The van der Waals surface area contributed by atoms with Gasteiger partial charge in [-0.15, -0.1) is 0 Å². The van der Waals surface area contributed by atoms with Crippen LogP contribution in [0.25, 0.3) is 0 Å². The third-order valence-electron chi connectivity index (χ3n) is 3.81. The van der Waals surface area contributed by atoms with E-state index in [1.165, 1.54) is 0 Å². The normalized spacial score (nSPS) is 21.2. The van der Waals surface area contributed by atoms with Gasteiger partial charge >= 0.3 is 11.8 Å². The minimum atomic E-state index is -0.604. The number of amides is 2. The van der Waals surface area contributed by atoms with Gasteiger partial charge in [0.25, 0.3) is 0 Å². The molecule has 1 aliphatic rings. The Hall–Kier alpha value is -1.22. The number of hydrogen-bond acceptors (Lipinski definition) is 6. The molecule has 0 spiro atoms. The lowest BCUT2D eigenvalue weighted by molar-refractivity contribution is -0.284. The Morgan fingerprint density at radius 1 is 1.04 bits per heavy atom. The van der Waals surface area contributed by atoms with Gasteiger partial charge in [-0.3, -0.25) is 14.8 Å². The topological polar surface area (TPSA) is 112 Å². The zero-order valence-electron chi connectivity index (χ0n) is 14.1. The van der Waals surface area contributed by atoms with Crippen LogP contribution in [0, 0.1) is 0 Å². The predicted molar refractivity (Wildman–Crippen MR) is 86.9 cm³/mol. The average molecular weight is 330 g/mol. The quantitative estimate of drug-likeness (QED) is 0.170. The number of nitrogens with one attached hydrogen (secondary N) is 4. The van der Waals surface area contributed by atoms with Gasteiger partial charge in [-0.05, 0) is 25.7 Å². The van der Waals surface area contributed by atoms with E-state index >= 15 is 0 Å². The van der Waals surface area contributed by atoms with E-state index in [0.29, 0.717) is 44.8 Å². The van der Waals surface area contributed by atoms with E-state index in [1.807, 2.05) is 0 Å². The largest absolute Gasteiger partial charge is 0.347 e. The molecule has 0 aromatic heterocycles. The van der Waals surface area contributed by atoms with Gasteiger partial charge in [-0.2, -0.15) is 0 Å². The molecule has 0 unspecified atom stereocenters. The molecule has 0 radical (unpaired) electrons. The summed E-state index contributed by atoms with van der Waals surface area (Å²) in [5.41, 5.74) is 0. The van der Waals surface area contributed by atoms with Crippen LogP contribution < -0.4 is 21.3 Å². The summed E-state index contributed by atoms with van der Waals surface area (Å²) in [5, 5.41) is 20.4. The Labute approximate surface area is 137 Å². The zero-order valence-corrected chi connectivity index (χ0v) is 14.1. The summed E-state index contributed by atoms with van der Waals surface area (Å²) in [5.74, 6) is -1.20. The van der Waals surface area contributed by atoms with Crippen molar-refractivity contribution in [3.05, 3.63) is 0 Å². The van der Waals surface area contributed by atoms with E-state index in [2.05, 4.69) is 40.0 Å². The second-order valence-electron chi connectivity index (χ2n) is 6.17. The lowest BCUT2D eigenvalue weighted by Crippen LogP contribution is -2.47. The van der Waals surface area contributed by atoms with Crippen LogP contribution in [0.2, 0.25) is 0 Å². The summed E-state index contributed by atoms with van der Waals surface area (Å²) in [6, 6.07) is 0.430. The molecule has 0 aromatic rings. The van der Waals surface area contributed by atoms with Gasteiger partial charge in [-0.25, -0.2) is 4.89 Å². The molecule has 1 fully saturated rings. The van der Waals surface area contributed by atoms with E-state index in [9.17, 15) is 9.59 Å². The zero-order chi connectivity index (χ0) is 17.1. The van der Waals surface area contributed by atoms with Crippen LogP contribution in [0.4, 0.5) is 0 Å². The van der Waals surface area contributed by atoms with E-state index in [0.717, 1.165) is 13.1 Å². The first kappa shape index (κ1) is 19.8. The summed E-state index contributed by atoms with van der Waals surface area (Å²) < 4.78 is 0. The van der Waals surface area contributed by atoms with Crippen molar-refractivity contribution < 1.29 is 19.7 Å². The summed E-state index contributed by atoms with van der Waals surface area (Å²) in [7, 11) is 0. The number of carbonyl (C=O) groups excluding carboxylic acids is 2. The second-order valence-corrected chi connectivity index (χ2v) is 6.17. The number of carbonyl (C=O) groups is 2. The van der Waals surface area contributed by atoms with E-state index in [4.69, 9.17) is 5.26 Å². The van der Waals surface area contributed by atoms with Crippen LogP contribution in [0.1, 0.15) is 39.5 Å². The highest BCUT2D eigenvalue weighted by Gasteiger charge is 2.24. The first-order valence-corrected chi connectivity index (χ1v) is 8.36. The Bertz CT molecular complexity index is 357. The number of hydrogen-bond donors (Lipinski definition) is 5. The molecule has 1 saturated carbocycles. The summed E-state index contributed by atoms with van der Waals surface area (Å²) in [6.45, 7) is 6.89. The number of rotatable bonds is 9. The van der Waals surface area contributed by atoms with Crippen molar-refractivity contribution in [2.45, 2.75) is 57.7 Å². The monoisotopic (exact) mass is 330 g/mol. The second kappa shape index (κ2) is 11.3. The van der Waals surface area contributed by atoms with E-state index < -0.39 is 11.8 Å². The maximum absolute atomic E-state index is 11.8. The van der Waals surface area contributed by atoms with Crippen molar-refractivity contribution in [3.63, 3.8) is 0 Å². The van der Waals surface area contributed by atoms with Crippen molar-refractivity contribution in [1.82, 2.24) is 21.3 Å². The Morgan fingerprint density at radius 3 is 2.30 bits per heavy atom. The molecule has 5 N–H and O–H groups in total. The molecule has 23 heavy (non-hydrogen) atoms. The Balaban J connectivity index is 2.05. The maximum Gasteiger partial charge on any atom is 0.309 e. The van der Waals surface area contributed by atoms with Crippen LogP contribution in [0.3, 0.4) is 0 Å². The van der Waals surface area contributed by atoms with Crippen LogP contribution in [0.5, 0.6) is 0 Å². The molecule has 8 heteroatoms. The summed E-state index contributed by atoms with van der Waals surface area (Å²) in [4.78, 5) is 27.8. The fourth-order valence-electron chi connectivity index (χ4n) is 2.48. The minimum Gasteiger partial charge on any atom is -0.347 e. The summed E-state index contributed by atoms with van der Waals surface area (Å²) in [6.07, 6.45) is 2.60. The van der Waals surface area contributed by atoms with Crippen molar-refractivity contribution in [1.29, 1.82) is 0 Å². The van der Waals surface area contributed by atoms with Crippen molar-refractivity contribution >= 4 is 11.8 Å². The first-order chi connectivity index (χ1) is 11.0. The van der Waals surface area contributed by atoms with Gasteiger partial charge in [0.2, 0.25) is 0 Å². The van der Waals surface area contributed by atoms with Gasteiger partial charge in [0.1, 0.15) is 0 Å². The molecule has 8 nitrogen and oxygen atoms in total. The Morgan fingerprint density at radius 2 is 1.70 bits per heavy atom. The molecule has 1 rings (SSSR count). The van der Waals surface area contributed by atoms with Crippen molar-refractivity contribution in [3.8, 4) is 0 Å². The highest BCUT2D eigenvalue weighted by Crippen LogP contribution is 2.20. The van der Waals surface area contributed by atoms with Crippen molar-refractivity contribution in [2.24, 2.45) is 0 Å². The average Bonchev–Trinajstić information content (AvgIpc) is 2.54. The van der Waals surface area contributed by atoms with Crippen LogP contribution in [-0.2, 0) is 14.5 Å². The fourth-order valence-corrected chi connectivity index (χ4v) is 2.48. The van der Waals surface area contributed by atoms with Gasteiger partial charge in [0.15, 0.2) is 0 Å². The van der Waals surface area contributed by atoms with E-state index in [1.54, 1.807) is 0 Å². The molecule has 0 saturated heterocycles. The maximum atomic E-state index is 11.8. The van der Waals surface area contributed by atoms with Gasteiger partial charge in [0, 0.05) is 38.3 Å². The Kier molecular flexibility index (Phi) is 9.77. The fraction of sp³-hybridized carbons (Fsp3) is 0.867. The van der Waals surface area contributed by atoms with Gasteiger partial charge < -0.3 is 21.3 Å². The minimum absolute atomic E-state index is 0.0279. The molecule has 0 bridgehead atoms. The van der Waals surface area contributed by atoms with Crippen LogP contribution >= 0.6 is 0 Å². The third kappa shape index (κ3) is 8.85. The summed E-state index contributed by atoms with van der Waals surface area (Å²) >= 11 is 0.